The lowest BCUT2D eigenvalue weighted by atomic mass is 10.1. The molecule has 0 fully saturated rings. The van der Waals surface area contributed by atoms with E-state index in [2.05, 4.69) is 6.92 Å². The number of carbonyl (C=O) groups is 1. The van der Waals surface area contributed by atoms with Gasteiger partial charge in [0.2, 0.25) is 0 Å². The van der Waals surface area contributed by atoms with Gasteiger partial charge >= 0.3 is 0 Å². The first-order valence-corrected chi connectivity index (χ1v) is 5.68. The average molecular weight is 218 g/mol. The Bertz CT molecular complexity index is 367. The molecule has 0 heterocycles. The van der Waals surface area contributed by atoms with E-state index >= 15 is 0 Å². The zero-order valence-electron chi connectivity index (χ0n) is 9.90. The molecule has 0 aliphatic heterocycles. The summed E-state index contributed by atoms with van der Waals surface area (Å²) in [5.74, 6) is 0.858. The zero-order valence-corrected chi connectivity index (χ0v) is 9.90. The SMILES string of the molecule is CCCOc1cccc(C=C(C=O)CC)c1. The Morgan fingerprint density at radius 3 is 2.81 bits per heavy atom. The van der Waals surface area contributed by atoms with Gasteiger partial charge in [-0.25, -0.2) is 0 Å². The van der Waals surface area contributed by atoms with Crippen molar-refractivity contribution in [3.05, 3.63) is 35.4 Å². The van der Waals surface area contributed by atoms with Crippen LogP contribution in [0.15, 0.2) is 29.8 Å². The fourth-order valence-corrected chi connectivity index (χ4v) is 1.35. The highest BCUT2D eigenvalue weighted by Crippen LogP contribution is 2.16. The Hall–Kier alpha value is -1.57. The molecule has 2 heteroatoms. The van der Waals surface area contributed by atoms with Crippen LogP contribution in [0.4, 0.5) is 0 Å². The third-order valence-corrected chi connectivity index (χ3v) is 2.24. The van der Waals surface area contributed by atoms with Gasteiger partial charge in [0.05, 0.1) is 6.61 Å². The van der Waals surface area contributed by atoms with E-state index in [4.69, 9.17) is 4.74 Å². The van der Waals surface area contributed by atoms with Gasteiger partial charge in [0.15, 0.2) is 0 Å². The molecule has 2 nitrogen and oxygen atoms in total. The highest BCUT2D eigenvalue weighted by molar-refractivity contribution is 5.81. The van der Waals surface area contributed by atoms with Crippen LogP contribution >= 0.6 is 0 Å². The highest BCUT2D eigenvalue weighted by atomic mass is 16.5. The first kappa shape index (κ1) is 12.5. The number of benzene rings is 1. The van der Waals surface area contributed by atoms with E-state index in [1.54, 1.807) is 0 Å². The van der Waals surface area contributed by atoms with Gasteiger partial charge in [-0.15, -0.1) is 0 Å². The first-order valence-electron chi connectivity index (χ1n) is 5.68. The van der Waals surface area contributed by atoms with Crippen LogP contribution in [0.5, 0.6) is 5.75 Å². The smallest absolute Gasteiger partial charge is 0.146 e. The number of ether oxygens (including phenoxy) is 1. The van der Waals surface area contributed by atoms with Crippen LogP contribution in [-0.2, 0) is 4.79 Å². The Morgan fingerprint density at radius 1 is 1.38 bits per heavy atom. The summed E-state index contributed by atoms with van der Waals surface area (Å²) in [6.45, 7) is 4.77. The first-order chi connectivity index (χ1) is 7.80. The Kier molecular flexibility index (Phi) is 5.34. The van der Waals surface area contributed by atoms with E-state index < -0.39 is 0 Å². The summed E-state index contributed by atoms with van der Waals surface area (Å²) in [6.07, 6.45) is 4.55. The molecule has 1 aromatic carbocycles. The summed E-state index contributed by atoms with van der Waals surface area (Å²) < 4.78 is 5.53. The second-order valence-corrected chi connectivity index (χ2v) is 3.61. The molecule has 0 aliphatic carbocycles. The summed E-state index contributed by atoms with van der Waals surface area (Å²) in [6, 6.07) is 7.79. The molecule has 0 unspecified atom stereocenters. The van der Waals surface area contributed by atoms with Gasteiger partial charge in [-0.1, -0.05) is 26.0 Å². The monoisotopic (exact) mass is 218 g/mol. The fraction of sp³-hybridized carbons (Fsp3) is 0.357. The van der Waals surface area contributed by atoms with Crippen molar-refractivity contribution in [2.24, 2.45) is 0 Å². The van der Waals surface area contributed by atoms with Crippen molar-refractivity contribution in [2.75, 3.05) is 6.61 Å². The minimum absolute atomic E-state index is 0.724. The lowest BCUT2D eigenvalue weighted by Gasteiger charge is -2.05. The second-order valence-electron chi connectivity index (χ2n) is 3.61. The van der Waals surface area contributed by atoms with E-state index in [-0.39, 0.29) is 0 Å². The van der Waals surface area contributed by atoms with E-state index in [1.165, 1.54) is 0 Å². The molecule has 0 atom stereocenters. The number of rotatable bonds is 6. The van der Waals surface area contributed by atoms with Crippen molar-refractivity contribution in [1.82, 2.24) is 0 Å². The number of hydrogen-bond donors (Lipinski definition) is 0. The lowest BCUT2D eigenvalue weighted by molar-refractivity contribution is -0.104. The Balaban J connectivity index is 2.81. The number of aldehydes is 1. The zero-order chi connectivity index (χ0) is 11.8. The molecule has 0 aromatic heterocycles. The maximum atomic E-state index is 10.7. The Morgan fingerprint density at radius 2 is 2.19 bits per heavy atom. The van der Waals surface area contributed by atoms with Crippen LogP contribution < -0.4 is 4.74 Å². The van der Waals surface area contributed by atoms with Crippen LogP contribution in [-0.4, -0.2) is 12.9 Å². The van der Waals surface area contributed by atoms with Gasteiger partial charge in [-0.3, -0.25) is 4.79 Å². The van der Waals surface area contributed by atoms with Crippen LogP contribution in [0.1, 0.15) is 32.3 Å². The maximum absolute atomic E-state index is 10.7. The van der Waals surface area contributed by atoms with E-state index in [0.29, 0.717) is 0 Å². The standard InChI is InChI=1S/C14H18O2/c1-3-8-16-14-7-5-6-13(10-14)9-12(4-2)11-15/h5-7,9-11H,3-4,8H2,1-2H3. The van der Waals surface area contributed by atoms with Crippen LogP contribution in [0.2, 0.25) is 0 Å². The fourth-order valence-electron chi connectivity index (χ4n) is 1.35. The molecule has 86 valence electrons. The largest absolute Gasteiger partial charge is 0.494 e. The molecule has 1 aromatic rings. The normalized spacial score (nSPS) is 11.2. The third kappa shape index (κ3) is 3.89. The van der Waals surface area contributed by atoms with Crippen molar-refractivity contribution < 1.29 is 9.53 Å². The van der Waals surface area contributed by atoms with Crippen molar-refractivity contribution in [2.45, 2.75) is 26.7 Å². The van der Waals surface area contributed by atoms with Gasteiger partial charge in [-0.2, -0.15) is 0 Å². The summed E-state index contributed by atoms with van der Waals surface area (Å²) in [4.78, 5) is 10.7. The summed E-state index contributed by atoms with van der Waals surface area (Å²) in [7, 11) is 0. The minimum Gasteiger partial charge on any atom is -0.494 e. The Labute approximate surface area is 96.9 Å². The van der Waals surface area contributed by atoms with E-state index in [1.807, 2.05) is 37.3 Å². The third-order valence-electron chi connectivity index (χ3n) is 2.24. The van der Waals surface area contributed by atoms with Gasteiger partial charge < -0.3 is 4.74 Å². The average Bonchev–Trinajstić information content (AvgIpc) is 2.34. The van der Waals surface area contributed by atoms with Crippen molar-refractivity contribution >= 4 is 12.4 Å². The number of hydrogen-bond acceptors (Lipinski definition) is 2. The molecule has 0 bridgehead atoms. The van der Waals surface area contributed by atoms with Gasteiger partial charge in [0, 0.05) is 0 Å². The predicted molar refractivity (Wildman–Crippen MR) is 66.6 cm³/mol. The maximum Gasteiger partial charge on any atom is 0.146 e. The van der Waals surface area contributed by atoms with Gasteiger partial charge in [-0.05, 0) is 42.2 Å². The molecular formula is C14H18O2. The van der Waals surface area contributed by atoms with Crippen molar-refractivity contribution in [3.63, 3.8) is 0 Å². The molecule has 0 N–H and O–H groups in total. The lowest BCUT2D eigenvalue weighted by Crippen LogP contribution is -1.94. The number of carbonyl (C=O) groups excluding carboxylic acids is 1. The molecule has 0 saturated heterocycles. The molecule has 0 spiro atoms. The van der Waals surface area contributed by atoms with Crippen LogP contribution in [0.3, 0.4) is 0 Å². The molecule has 16 heavy (non-hydrogen) atoms. The minimum atomic E-state index is 0.724. The van der Waals surface area contributed by atoms with Gasteiger partial charge in [0.25, 0.3) is 0 Å². The molecule has 0 saturated carbocycles. The summed E-state index contributed by atoms with van der Waals surface area (Å²) in [5, 5.41) is 0. The summed E-state index contributed by atoms with van der Waals surface area (Å²) >= 11 is 0. The van der Waals surface area contributed by atoms with Crippen molar-refractivity contribution in [1.29, 1.82) is 0 Å². The highest BCUT2D eigenvalue weighted by Gasteiger charge is 1.96. The molecule has 0 radical (unpaired) electrons. The molecule has 0 amide bonds. The van der Waals surface area contributed by atoms with E-state index in [9.17, 15) is 4.79 Å². The summed E-state index contributed by atoms with van der Waals surface area (Å²) in [5.41, 5.74) is 1.81. The quantitative estimate of drug-likeness (QED) is 0.540. The predicted octanol–water partition coefficient (Wildman–Crippen LogP) is 3.47. The molecule has 0 aliphatic rings. The van der Waals surface area contributed by atoms with Crippen molar-refractivity contribution in [3.8, 4) is 5.75 Å². The molecular weight excluding hydrogens is 200 g/mol. The number of allylic oxidation sites excluding steroid dienone is 1. The molecule has 1 rings (SSSR count). The van der Waals surface area contributed by atoms with E-state index in [0.717, 1.165) is 42.6 Å². The van der Waals surface area contributed by atoms with Gasteiger partial charge in [0.1, 0.15) is 12.0 Å². The van der Waals surface area contributed by atoms with Crippen LogP contribution in [0, 0.1) is 0 Å². The second kappa shape index (κ2) is 6.83. The topological polar surface area (TPSA) is 26.3 Å². The van der Waals surface area contributed by atoms with Crippen LogP contribution in [0.25, 0.3) is 6.08 Å².